The molecule has 3 aromatic rings. The van der Waals surface area contributed by atoms with Gasteiger partial charge < -0.3 is 18.2 Å². The van der Waals surface area contributed by atoms with Crippen LogP contribution in [0.25, 0.3) is 0 Å². The molecule has 0 radical (unpaired) electrons. The van der Waals surface area contributed by atoms with Crippen molar-refractivity contribution < 1.29 is 18.2 Å². The van der Waals surface area contributed by atoms with Gasteiger partial charge in [0.2, 0.25) is 0 Å². The van der Waals surface area contributed by atoms with Crippen LogP contribution in [0.2, 0.25) is 5.02 Å². The van der Waals surface area contributed by atoms with Gasteiger partial charge in [0.1, 0.15) is 30.3 Å². The summed E-state index contributed by atoms with van der Waals surface area (Å²) >= 11 is 8.13. The van der Waals surface area contributed by atoms with E-state index >= 15 is 0 Å². The van der Waals surface area contributed by atoms with Gasteiger partial charge in [0.25, 0.3) is 0 Å². The summed E-state index contributed by atoms with van der Waals surface area (Å²) in [6.07, 6.45) is 0. The molecule has 0 bridgehead atoms. The topological polar surface area (TPSA) is 40.2 Å². The van der Waals surface area contributed by atoms with Crippen molar-refractivity contribution in [3.63, 3.8) is 0 Å². The molecular weight excluding hydrogens is 493 g/mol. The first kappa shape index (κ1) is 25.5. The fourth-order valence-electron chi connectivity index (χ4n) is 4.21. The molecule has 3 aromatic carbocycles. The van der Waals surface area contributed by atoms with Crippen LogP contribution in [-0.4, -0.2) is 22.6 Å². The lowest BCUT2D eigenvalue weighted by molar-refractivity contribution is 0.00578. The molecule has 1 fully saturated rings. The van der Waals surface area contributed by atoms with Crippen molar-refractivity contribution in [1.82, 2.24) is 4.31 Å². The van der Waals surface area contributed by atoms with E-state index in [0.29, 0.717) is 30.5 Å². The van der Waals surface area contributed by atoms with E-state index in [1.807, 2.05) is 42.5 Å². The molecule has 0 spiro atoms. The number of halogens is 1. The van der Waals surface area contributed by atoms with Gasteiger partial charge in [0.05, 0.1) is 16.2 Å². The summed E-state index contributed by atoms with van der Waals surface area (Å²) in [5, 5.41) is 0.594. The summed E-state index contributed by atoms with van der Waals surface area (Å²) in [4.78, 5) is 0. The molecule has 0 amide bonds. The number of fused-ring (bicyclic) bond motifs is 1. The molecule has 2 aliphatic rings. The Balaban J connectivity index is 1.30. The normalized spacial score (nSPS) is 18.6. The summed E-state index contributed by atoms with van der Waals surface area (Å²) in [5.74, 6) is 1.43. The number of ether oxygens (including phenoxy) is 1. The van der Waals surface area contributed by atoms with Gasteiger partial charge in [-0.05, 0) is 68.9 Å². The van der Waals surface area contributed by atoms with Gasteiger partial charge in [-0.25, -0.2) is 4.31 Å². The highest BCUT2D eigenvalue weighted by Gasteiger charge is 2.51. The zero-order valence-electron chi connectivity index (χ0n) is 21.3. The van der Waals surface area contributed by atoms with Crippen LogP contribution in [0, 0.1) is 6.92 Å². The van der Waals surface area contributed by atoms with Crippen molar-refractivity contribution in [3.8, 4) is 11.5 Å². The molecule has 188 valence electrons. The van der Waals surface area contributed by atoms with Gasteiger partial charge in [-0.3, -0.25) is 0 Å². The Hall–Kier alpha value is -2.16. The van der Waals surface area contributed by atoms with E-state index in [4.69, 9.17) is 29.8 Å². The molecule has 5 rings (SSSR count). The zero-order chi connectivity index (χ0) is 25.5. The van der Waals surface area contributed by atoms with Crippen LogP contribution >= 0.6 is 23.8 Å². The van der Waals surface area contributed by atoms with Gasteiger partial charge >= 0.3 is 7.12 Å². The average molecular weight is 524 g/mol. The smallest absolute Gasteiger partial charge is 0.487 e. The molecule has 0 atom stereocenters. The molecule has 0 saturated carbocycles. The monoisotopic (exact) mass is 523 g/mol. The van der Waals surface area contributed by atoms with E-state index in [9.17, 15) is 0 Å². The van der Waals surface area contributed by atoms with Crippen LogP contribution in [0.1, 0.15) is 49.9 Å². The molecule has 2 aliphatic heterocycles. The lowest BCUT2D eigenvalue weighted by atomic mass is 9.78. The van der Waals surface area contributed by atoms with E-state index in [-0.39, 0.29) is 18.3 Å². The van der Waals surface area contributed by atoms with Crippen molar-refractivity contribution in [2.24, 2.45) is 0 Å². The largest absolute Gasteiger partial charge is 0.494 e. The third-order valence-electron chi connectivity index (χ3n) is 7.21. The molecular formula is C28H31BClNO4S. The second-order valence-corrected chi connectivity index (χ2v) is 11.6. The van der Waals surface area contributed by atoms with Crippen molar-refractivity contribution >= 4 is 36.4 Å². The maximum atomic E-state index is 6.78. The Kier molecular flexibility index (Phi) is 7.05. The summed E-state index contributed by atoms with van der Waals surface area (Å²) in [5.41, 5.74) is 4.69. The third kappa shape index (κ3) is 5.13. The van der Waals surface area contributed by atoms with E-state index < -0.39 is 0 Å². The lowest BCUT2D eigenvalue weighted by Gasteiger charge is -2.32. The number of nitrogens with zero attached hydrogens (tertiary/aromatic N) is 1. The second kappa shape index (κ2) is 9.95. The van der Waals surface area contributed by atoms with Crippen LogP contribution in [0.3, 0.4) is 0 Å². The van der Waals surface area contributed by atoms with Crippen molar-refractivity contribution in [2.45, 2.75) is 65.5 Å². The maximum absolute atomic E-state index is 6.78. The van der Waals surface area contributed by atoms with E-state index in [0.717, 1.165) is 22.3 Å². The summed E-state index contributed by atoms with van der Waals surface area (Å²) in [6, 6.07) is 20.3. The van der Waals surface area contributed by atoms with E-state index in [1.165, 1.54) is 23.4 Å². The van der Waals surface area contributed by atoms with Crippen molar-refractivity contribution in [2.75, 3.05) is 0 Å². The highest BCUT2D eigenvalue weighted by atomic mass is 35.5. The zero-order valence-corrected chi connectivity index (χ0v) is 22.9. The Morgan fingerprint density at radius 2 is 1.72 bits per heavy atom. The minimum absolute atomic E-state index is 0.375. The first-order valence-electron chi connectivity index (χ1n) is 12.2. The molecule has 1 saturated heterocycles. The SMILES string of the molecule is Cc1ccc(B2OC(C)(C)C(C)(C)O2)cc1CN1Cc2c(ccc(OCc3ccccc3)c2Cl)OS1. The van der Waals surface area contributed by atoms with E-state index in [1.54, 1.807) is 0 Å². The number of benzene rings is 3. The van der Waals surface area contributed by atoms with Gasteiger partial charge in [0, 0.05) is 18.7 Å². The molecule has 5 nitrogen and oxygen atoms in total. The minimum atomic E-state index is -0.390. The van der Waals surface area contributed by atoms with Crippen LogP contribution in [0.4, 0.5) is 0 Å². The Bertz CT molecular complexity index is 1240. The molecule has 0 aromatic heterocycles. The standard InChI is InChI=1S/C28H31BClNO4S/c1-19-11-12-22(29-34-27(2,3)28(4,5)35-29)15-21(19)16-31-17-23-24(33-36-31)13-14-25(26(23)30)32-18-20-9-7-6-8-10-20/h6-15H,16-18H2,1-5H3. The first-order chi connectivity index (χ1) is 17.1. The van der Waals surface area contributed by atoms with Crippen LogP contribution in [0.15, 0.2) is 60.7 Å². The van der Waals surface area contributed by atoms with Gasteiger partial charge in [-0.2, -0.15) is 0 Å². The van der Waals surface area contributed by atoms with Crippen molar-refractivity contribution in [3.05, 3.63) is 87.9 Å². The molecule has 2 heterocycles. The maximum Gasteiger partial charge on any atom is 0.494 e. The predicted molar refractivity (Wildman–Crippen MR) is 147 cm³/mol. The second-order valence-electron chi connectivity index (χ2n) is 10.4. The minimum Gasteiger partial charge on any atom is -0.487 e. The lowest BCUT2D eigenvalue weighted by Crippen LogP contribution is -2.41. The molecule has 0 N–H and O–H groups in total. The Morgan fingerprint density at radius 1 is 1.00 bits per heavy atom. The summed E-state index contributed by atoms with van der Waals surface area (Å²) in [6.45, 7) is 12.2. The number of hydrogen-bond acceptors (Lipinski definition) is 6. The first-order valence-corrected chi connectivity index (χ1v) is 13.2. The highest BCUT2D eigenvalue weighted by molar-refractivity contribution is 7.92. The molecule has 0 aliphatic carbocycles. The quantitative estimate of drug-likeness (QED) is 0.209. The fourth-order valence-corrected chi connectivity index (χ4v) is 5.20. The molecule has 8 heteroatoms. The third-order valence-corrected chi connectivity index (χ3v) is 8.35. The summed E-state index contributed by atoms with van der Waals surface area (Å²) < 4.78 is 26.7. The molecule has 36 heavy (non-hydrogen) atoms. The predicted octanol–water partition coefficient (Wildman–Crippen LogP) is 6.48. The number of rotatable bonds is 6. The highest BCUT2D eigenvalue weighted by Crippen LogP contribution is 2.42. The van der Waals surface area contributed by atoms with Gasteiger partial charge in [-0.1, -0.05) is 60.1 Å². The molecule has 0 unspecified atom stereocenters. The van der Waals surface area contributed by atoms with E-state index in [2.05, 4.69) is 57.1 Å². The van der Waals surface area contributed by atoms with Crippen LogP contribution in [0.5, 0.6) is 11.5 Å². The average Bonchev–Trinajstić information content (AvgIpc) is 3.07. The van der Waals surface area contributed by atoms with Crippen LogP contribution in [-0.2, 0) is 29.0 Å². The fraction of sp³-hybridized carbons (Fsp3) is 0.357. The van der Waals surface area contributed by atoms with Crippen molar-refractivity contribution in [1.29, 1.82) is 0 Å². The van der Waals surface area contributed by atoms with Gasteiger partial charge in [-0.15, -0.1) is 0 Å². The van der Waals surface area contributed by atoms with Gasteiger partial charge in [0.15, 0.2) is 0 Å². The summed E-state index contributed by atoms with van der Waals surface area (Å²) in [7, 11) is -0.390. The number of aryl methyl sites for hydroxylation is 1. The van der Waals surface area contributed by atoms with Crippen LogP contribution < -0.4 is 14.4 Å². The Morgan fingerprint density at radius 3 is 2.44 bits per heavy atom. The Labute approximate surface area is 223 Å². The number of hydrogen-bond donors (Lipinski definition) is 0.